The molecule has 0 atom stereocenters. The van der Waals surface area contributed by atoms with Crippen LogP contribution in [0.25, 0.3) is 0 Å². The molecule has 0 fully saturated rings. The number of hydrogen-bond acceptors (Lipinski definition) is 4. The van der Waals surface area contributed by atoms with Crippen molar-refractivity contribution in [2.75, 3.05) is 6.79 Å². The molecule has 1 heterocycles. The van der Waals surface area contributed by atoms with Crippen molar-refractivity contribution in [2.45, 2.75) is 25.8 Å². The van der Waals surface area contributed by atoms with E-state index in [-0.39, 0.29) is 18.8 Å². The lowest BCUT2D eigenvalue weighted by atomic mass is 9.94. The van der Waals surface area contributed by atoms with Crippen molar-refractivity contribution in [3.05, 3.63) is 17.4 Å². The second-order valence-corrected chi connectivity index (χ2v) is 4.59. The molecule has 1 aromatic carbocycles. The Kier molecular flexibility index (Phi) is 2.42. The van der Waals surface area contributed by atoms with E-state index in [1.165, 1.54) is 6.07 Å². The molecule has 3 N–H and O–H groups in total. The summed E-state index contributed by atoms with van der Waals surface area (Å²) >= 11 is 0. The molecule has 0 bridgehead atoms. The molecule has 16 heavy (non-hydrogen) atoms. The fourth-order valence-corrected chi connectivity index (χ4v) is 1.69. The molecule has 4 nitrogen and oxygen atoms in total. The lowest BCUT2D eigenvalue weighted by molar-refractivity contribution is 0.172. The lowest BCUT2D eigenvalue weighted by Gasteiger charge is -2.20. The lowest BCUT2D eigenvalue weighted by Crippen LogP contribution is -2.34. The Balaban J connectivity index is 2.50. The summed E-state index contributed by atoms with van der Waals surface area (Å²) in [6.07, 6.45) is 0.263. The number of halogens is 1. The van der Waals surface area contributed by atoms with Crippen LogP contribution in [0.5, 0.6) is 17.2 Å². The minimum atomic E-state index is -0.692. The van der Waals surface area contributed by atoms with Crippen molar-refractivity contribution in [2.24, 2.45) is 5.73 Å². The summed E-state index contributed by atoms with van der Waals surface area (Å²) in [4.78, 5) is 0. The van der Waals surface area contributed by atoms with Crippen LogP contribution in [-0.4, -0.2) is 17.4 Å². The van der Waals surface area contributed by atoms with Gasteiger partial charge in [-0.05, 0) is 20.3 Å². The van der Waals surface area contributed by atoms with E-state index >= 15 is 0 Å². The predicted molar refractivity (Wildman–Crippen MR) is 56.2 cm³/mol. The van der Waals surface area contributed by atoms with Crippen LogP contribution in [0.2, 0.25) is 0 Å². The number of aromatic hydroxyl groups is 1. The van der Waals surface area contributed by atoms with Gasteiger partial charge in [-0.15, -0.1) is 0 Å². The Hall–Kier alpha value is -1.49. The van der Waals surface area contributed by atoms with Crippen molar-refractivity contribution in [1.82, 2.24) is 0 Å². The van der Waals surface area contributed by atoms with Gasteiger partial charge in [-0.25, -0.2) is 4.39 Å². The van der Waals surface area contributed by atoms with Gasteiger partial charge in [0.1, 0.15) is 0 Å². The number of hydrogen-bond donors (Lipinski definition) is 2. The summed E-state index contributed by atoms with van der Waals surface area (Å²) in [6.45, 7) is 3.59. The van der Waals surface area contributed by atoms with Crippen molar-refractivity contribution < 1.29 is 19.0 Å². The first-order chi connectivity index (χ1) is 7.38. The molecule has 0 radical (unpaired) electrons. The molecule has 2 rings (SSSR count). The van der Waals surface area contributed by atoms with Gasteiger partial charge in [0.2, 0.25) is 6.79 Å². The third kappa shape index (κ3) is 1.90. The van der Waals surface area contributed by atoms with Gasteiger partial charge in [-0.1, -0.05) is 0 Å². The zero-order valence-electron chi connectivity index (χ0n) is 9.21. The van der Waals surface area contributed by atoms with Crippen LogP contribution in [0.15, 0.2) is 6.07 Å². The molecule has 0 aliphatic carbocycles. The Labute approximate surface area is 92.8 Å². The third-order valence-electron chi connectivity index (χ3n) is 2.31. The van der Waals surface area contributed by atoms with E-state index < -0.39 is 17.1 Å². The third-order valence-corrected chi connectivity index (χ3v) is 2.31. The van der Waals surface area contributed by atoms with Gasteiger partial charge in [-0.3, -0.25) is 0 Å². The van der Waals surface area contributed by atoms with E-state index in [1.54, 1.807) is 13.8 Å². The zero-order chi connectivity index (χ0) is 11.9. The van der Waals surface area contributed by atoms with Gasteiger partial charge in [0.15, 0.2) is 23.1 Å². The summed E-state index contributed by atoms with van der Waals surface area (Å²) in [5.74, 6) is -0.432. The summed E-state index contributed by atoms with van der Waals surface area (Å²) in [6, 6.07) is 1.21. The maximum Gasteiger partial charge on any atom is 0.231 e. The van der Waals surface area contributed by atoms with Crippen LogP contribution >= 0.6 is 0 Å². The average Bonchev–Trinajstić information content (AvgIpc) is 2.58. The summed E-state index contributed by atoms with van der Waals surface area (Å²) in [7, 11) is 0. The number of ether oxygens (including phenoxy) is 2. The van der Waals surface area contributed by atoms with Crippen molar-refractivity contribution in [3.63, 3.8) is 0 Å². The standard InChI is InChI=1S/C11H14FNO3/c1-11(2,13)4-6-9(12)7(14)3-8-10(6)16-5-15-8/h3,14H,4-5,13H2,1-2H3. The van der Waals surface area contributed by atoms with Crippen LogP contribution in [0, 0.1) is 5.82 Å². The maximum atomic E-state index is 13.7. The van der Waals surface area contributed by atoms with Gasteiger partial charge in [0.05, 0.1) is 0 Å². The molecule has 1 aromatic rings. The molecular formula is C11H14FNO3. The summed E-state index contributed by atoms with van der Waals surface area (Å²) < 4.78 is 24.0. The van der Waals surface area contributed by atoms with Crippen LogP contribution in [-0.2, 0) is 6.42 Å². The Bertz CT molecular complexity index is 426. The molecule has 1 aliphatic heterocycles. The predicted octanol–water partition coefficient (Wildman–Crippen LogP) is 1.54. The molecular weight excluding hydrogens is 213 g/mol. The number of phenols is 1. The average molecular weight is 227 g/mol. The van der Waals surface area contributed by atoms with E-state index in [4.69, 9.17) is 15.2 Å². The topological polar surface area (TPSA) is 64.7 Å². The molecule has 88 valence electrons. The molecule has 0 saturated heterocycles. The fourth-order valence-electron chi connectivity index (χ4n) is 1.69. The molecule has 0 spiro atoms. The highest BCUT2D eigenvalue weighted by molar-refractivity contribution is 5.54. The van der Waals surface area contributed by atoms with Gasteiger partial charge in [0.25, 0.3) is 0 Å². The van der Waals surface area contributed by atoms with Crippen LogP contribution in [0.1, 0.15) is 19.4 Å². The molecule has 0 amide bonds. The number of benzene rings is 1. The Morgan fingerprint density at radius 2 is 2.19 bits per heavy atom. The van der Waals surface area contributed by atoms with Gasteiger partial charge < -0.3 is 20.3 Å². The normalized spacial score (nSPS) is 14.2. The first kappa shape index (κ1) is 11.0. The molecule has 1 aliphatic rings. The largest absolute Gasteiger partial charge is 0.505 e. The number of rotatable bonds is 2. The highest BCUT2D eigenvalue weighted by Crippen LogP contribution is 2.42. The molecule has 0 aromatic heterocycles. The van der Waals surface area contributed by atoms with Gasteiger partial charge in [0, 0.05) is 17.2 Å². The van der Waals surface area contributed by atoms with Crippen molar-refractivity contribution >= 4 is 0 Å². The highest BCUT2D eigenvalue weighted by Gasteiger charge is 2.27. The van der Waals surface area contributed by atoms with Crippen LogP contribution in [0.4, 0.5) is 4.39 Å². The minimum Gasteiger partial charge on any atom is -0.505 e. The molecule has 0 saturated carbocycles. The smallest absolute Gasteiger partial charge is 0.231 e. The number of nitrogens with two attached hydrogens (primary N) is 1. The van der Waals surface area contributed by atoms with Gasteiger partial charge in [-0.2, -0.15) is 0 Å². The second-order valence-electron chi connectivity index (χ2n) is 4.59. The fraction of sp³-hybridized carbons (Fsp3) is 0.455. The minimum absolute atomic E-state index is 0.0379. The van der Waals surface area contributed by atoms with E-state index in [9.17, 15) is 9.50 Å². The summed E-state index contributed by atoms with van der Waals surface area (Å²) in [5, 5.41) is 9.41. The summed E-state index contributed by atoms with van der Waals surface area (Å²) in [5.41, 5.74) is 5.51. The van der Waals surface area contributed by atoms with Crippen LogP contribution in [0.3, 0.4) is 0 Å². The van der Waals surface area contributed by atoms with Crippen LogP contribution < -0.4 is 15.2 Å². The van der Waals surface area contributed by atoms with E-state index in [2.05, 4.69) is 0 Å². The van der Waals surface area contributed by atoms with E-state index in [1.807, 2.05) is 0 Å². The quantitative estimate of drug-likeness (QED) is 0.804. The number of phenolic OH excluding ortho intramolecular Hbond substituents is 1. The first-order valence-corrected chi connectivity index (χ1v) is 4.97. The van der Waals surface area contributed by atoms with E-state index in [0.29, 0.717) is 11.5 Å². The second kappa shape index (κ2) is 3.52. The molecule has 0 unspecified atom stereocenters. The Morgan fingerprint density at radius 3 is 2.81 bits per heavy atom. The monoisotopic (exact) mass is 227 g/mol. The first-order valence-electron chi connectivity index (χ1n) is 4.97. The van der Waals surface area contributed by atoms with Gasteiger partial charge >= 0.3 is 0 Å². The Morgan fingerprint density at radius 1 is 1.50 bits per heavy atom. The molecule has 5 heteroatoms. The number of fused-ring (bicyclic) bond motifs is 1. The SMILES string of the molecule is CC(C)(N)Cc1c(F)c(O)cc2c1OCO2. The van der Waals surface area contributed by atoms with Crippen molar-refractivity contribution in [3.8, 4) is 17.2 Å². The maximum absolute atomic E-state index is 13.7. The zero-order valence-corrected chi connectivity index (χ0v) is 9.21. The van der Waals surface area contributed by atoms with E-state index in [0.717, 1.165) is 0 Å². The highest BCUT2D eigenvalue weighted by atomic mass is 19.1. The van der Waals surface area contributed by atoms with Crippen molar-refractivity contribution in [1.29, 1.82) is 0 Å².